The second-order valence-electron chi connectivity index (χ2n) is 4.71. The van der Waals surface area contributed by atoms with E-state index < -0.39 is 0 Å². The molecule has 3 aromatic rings. The van der Waals surface area contributed by atoms with Crippen molar-refractivity contribution in [1.29, 1.82) is 0 Å². The van der Waals surface area contributed by atoms with E-state index in [-0.39, 0.29) is 17.6 Å². The van der Waals surface area contributed by atoms with Gasteiger partial charge >= 0.3 is 0 Å². The van der Waals surface area contributed by atoms with E-state index in [1.54, 1.807) is 29.5 Å². The third kappa shape index (κ3) is 2.98. The maximum atomic E-state index is 12.2. The van der Waals surface area contributed by atoms with Gasteiger partial charge in [0.2, 0.25) is 0 Å². The highest BCUT2D eigenvalue weighted by atomic mass is 16.2. The van der Waals surface area contributed by atoms with Crippen LogP contribution in [0.15, 0.2) is 55.1 Å². The minimum atomic E-state index is -0.305. The number of aromatic nitrogens is 5. The van der Waals surface area contributed by atoms with E-state index in [1.165, 1.54) is 0 Å². The molecule has 110 valence electrons. The van der Waals surface area contributed by atoms with Crippen LogP contribution in [-0.2, 0) is 0 Å². The Morgan fingerprint density at radius 2 is 2.05 bits per heavy atom. The topological polar surface area (TPSA) is 85.6 Å². The third-order valence-electron chi connectivity index (χ3n) is 3.12. The number of nitrogens with zero attached hydrogens (tertiary/aromatic N) is 5. The summed E-state index contributed by atoms with van der Waals surface area (Å²) < 4.78 is 1.56. The van der Waals surface area contributed by atoms with Gasteiger partial charge in [0, 0.05) is 12.4 Å². The number of nitrogens with one attached hydrogen (secondary N) is 1. The number of carbonyl (C=O) groups is 1. The Balaban J connectivity index is 1.72. The molecule has 0 bridgehead atoms. The first kappa shape index (κ1) is 13.9. The van der Waals surface area contributed by atoms with Gasteiger partial charge in [-0.1, -0.05) is 23.4 Å². The first-order valence-corrected chi connectivity index (χ1v) is 6.78. The Morgan fingerprint density at radius 3 is 2.77 bits per heavy atom. The predicted octanol–water partition coefficient (Wildman–Crippen LogP) is 1.55. The van der Waals surface area contributed by atoms with Crippen molar-refractivity contribution < 1.29 is 4.79 Å². The number of hydrogen-bond acceptors (Lipinski definition) is 5. The fourth-order valence-electron chi connectivity index (χ4n) is 1.95. The van der Waals surface area contributed by atoms with Crippen molar-refractivity contribution in [3.05, 3.63) is 66.5 Å². The van der Waals surface area contributed by atoms with E-state index in [1.807, 2.05) is 37.3 Å². The van der Waals surface area contributed by atoms with Gasteiger partial charge in [0.25, 0.3) is 5.91 Å². The summed E-state index contributed by atoms with van der Waals surface area (Å²) in [6.07, 6.45) is 6.38. The molecule has 0 aliphatic rings. The molecular formula is C15H14N6O. The lowest BCUT2D eigenvalue weighted by Gasteiger charge is -2.11. The lowest BCUT2D eigenvalue weighted by molar-refractivity contribution is 0.0934. The van der Waals surface area contributed by atoms with Crippen molar-refractivity contribution in [2.24, 2.45) is 0 Å². The standard InChI is InChI=1S/C15H14N6O/c1-11(13-9-16-7-8-17-13)18-15(22)14-10-21(20-19-14)12-5-3-2-4-6-12/h2-11H,1H3,(H,18,22)/t11-/m1/s1. The van der Waals surface area contributed by atoms with Gasteiger partial charge in [-0.3, -0.25) is 14.8 Å². The van der Waals surface area contributed by atoms with E-state index in [9.17, 15) is 4.79 Å². The lowest BCUT2D eigenvalue weighted by Crippen LogP contribution is -2.27. The maximum Gasteiger partial charge on any atom is 0.274 e. The maximum absolute atomic E-state index is 12.2. The van der Waals surface area contributed by atoms with Crippen LogP contribution in [0.4, 0.5) is 0 Å². The molecule has 1 N–H and O–H groups in total. The molecule has 0 aliphatic heterocycles. The molecule has 1 aromatic carbocycles. The zero-order valence-electron chi connectivity index (χ0n) is 11.9. The normalized spacial score (nSPS) is 11.9. The number of para-hydroxylation sites is 1. The van der Waals surface area contributed by atoms with Crippen LogP contribution in [0.3, 0.4) is 0 Å². The summed E-state index contributed by atoms with van der Waals surface area (Å²) >= 11 is 0. The summed E-state index contributed by atoms with van der Waals surface area (Å²) in [5.41, 5.74) is 1.78. The zero-order valence-corrected chi connectivity index (χ0v) is 11.9. The predicted molar refractivity (Wildman–Crippen MR) is 79.3 cm³/mol. The summed E-state index contributed by atoms with van der Waals surface area (Å²) in [7, 11) is 0. The summed E-state index contributed by atoms with van der Waals surface area (Å²) in [5.74, 6) is -0.305. The second-order valence-corrected chi connectivity index (χ2v) is 4.71. The average molecular weight is 294 g/mol. The van der Waals surface area contributed by atoms with Gasteiger partial charge in [0.05, 0.1) is 29.8 Å². The van der Waals surface area contributed by atoms with Gasteiger partial charge in [-0.25, -0.2) is 4.68 Å². The van der Waals surface area contributed by atoms with E-state index in [4.69, 9.17) is 0 Å². The first-order chi connectivity index (χ1) is 10.7. The van der Waals surface area contributed by atoms with Crippen LogP contribution < -0.4 is 5.32 Å². The Kier molecular flexibility index (Phi) is 3.86. The molecule has 0 saturated heterocycles. The van der Waals surface area contributed by atoms with Crippen molar-refractivity contribution in [3.8, 4) is 5.69 Å². The van der Waals surface area contributed by atoms with Crippen LogP contribution in [0.2, 0.25) is 0 Å². The molecule has 0 unspecified atom stereocenters. The van der Waals surface area contributed by atoms with Gasteiger partial charge < -0.3 is 5.32 Å². The highest BCUT2D eigenvalue weighted by Crippen LogP contribution is 2.09. The monoisotopic (exact) mass is 294 g/mol. The van der Waals surface area contributed by atoms with E-state index in [0.29, 0.717) is 5.69 Å². The average Bonchev–Trinajstić information content (AvgIpc) is 3.06. The van der Waals surface area contributed by atoms with Crippen molar-refractivity contribution in [1.82, 2.24) is 30.3 Å². The molecule has 0 spiro atoms. The van der Waals surface area contributed by atoms with Crippen LogP contribution in [-0.4, -0.2) is 30.9 Å². The Bertz CT molecular complexity index is 756. The first-order valence-electron chi connectivity index (χ1n) is 6.78. The minimum absolute atomic E-state index is 0.250. The van der Waals surface area contributed by atoms with E-state index >= 15 is 0 Å². The SMILES string of the molecule is C[C@@H](NC(=O)c1cn(-c2ccccc2)nn1)c1cnccn1. The molecule has 2 heterocycles. The minimum Gasteiger partial charge on any atom is -0.342 e. The molecule has 2 aromatic heterocycles. The van der Waals surface area contributed by atoms with Crippen LogP contribution in [0.25, 0.3) is 5.69 Å². The van der Waals surface area contributed by atoms with Crippen LogP contribution >= 0.6 is 0 Å². The van der Waals surface area contributed by atoms with Gasteiger partial charge in [-0.05, 0) is 19.1 Å². The molecule has 0 saturated carbocycles. The quantitative estimate of drug-likeness (QED) is 0.789. The molecule has 7 nitrogen and oxygen atoms in total. The number of benzene rings is 1. The Hall–Kier alpha value is -3.09. The molecule has 22 heavy (non-hydrogen) atoms. The highest BCUT2D eigenvalue weighted by Gasteiger charge is 2.15. The van der Waals surface area contributed by atoms with Gasteiger partial charge in [0.15, 0.2) is 5.69 Å². The molecule has 1 atom stereocenters. The van der Waals surface area contributed by atoms with Gasteiger partial charge in [0.1, 0.15) is 0 Å². The second kappa shape index (κ2) is 6.13. The highest BCUT2D eigenvalue weighted by molar-refractivity contribution is 5.92. The molecular weight excluding hydrogens is 280 g/mol. The molecule has 7 heteroatoms. The fraction of sp³-hybridized carbons (Fsp3) is 0.133. The molecule has 0 aliphatic carbocycles. The molecule has 0 fully saturated rings. The summed E-state index contributed by atoms with van der Waals surface area (Å²) in [6.45, 7) is 1.84. The Morgan fingerprint density at radius 1 is 1.23 bits per heavy atom. The number of amides is 1. The molecule has 0 radical (unpaired) electrons. The van der Waals surface area contributed by atoms with Crippen LogP contribution in [0, 0.1) is 0 Å². The summed E-state index contributed by atoms with van der Waals surface area (Å²) in [4.78, 5) is 20.3. The lowest BCUT2D eigenvalue weighted by atomic mass is 10.2. The largest absolute Gasteiger partial charge is 0.342 e. The zero-order chi connectivity index (χ0) is 15.4. The number of rotatable bonds is 4. The smallest absolute Gasteiger partial charge is 0.274 e. The summed E-state index contributed by atoms with van der Waals surface area (Å²) in [6, 6.07) is 9.22. The Labute approximate surface area is 127 Å². The molecule has 3 rings (SSSR count). The van der Waals surface area contributed by atoms with Gasteiger partial charge in [-0.15, -0.1) is 5.10 Å². The van der Waals surface area contributed by atoms with Crippen molar-refractivity contribution in [3.63, 3.8) is 0 Å². The summed E-state index contributed by atoms with van der Waals surface area (Å²) in [5, 5.41) is 10.7. The third-order valence-corrected chi connectivity index (χ3v) is 3.12. The fourth-order valence-corrected chi connectivity index (χ4v) is 1.95. The number of hydrogen-bond donors (Lipinski definition) is 1. The molecule has 1 amide bonds. The van der Waals surface area contributed by atoms with E-state index in [0.717, 1.165) is 5.69 Å². The van der Waals surface area contributed by atoms with Crippen molar-refractivity contribution in [2.45, 2.75) is 13.0 Å². The number of carbonyl (C=O) groups excluding carboxylic acids is 1. The van der Waals surface area contributed by atoms with Gasteiger partial charge in [-0.2, -0.15) is 0 Å². The van der Waals surface area contributed by atoms with Crippen LogP contribution in [0.1, 0.15) is 29.1 Å². The van der Waals surface area contributed by atoms with E-state index in [2.05, 4.69) is 25.6 Å². The van der Waals surface area contributed by atoms with Crippen molar-refractivity contribution in [2.75, 3.05) is 0 Å². The van der Waals surface area contributed by atoms with Crippen molar-refractivity contribution >= 4 is 5.91 Å². The van der Waals surface area contributed by atoms with Crippen LogP contribution in [0.5, 0.6) is 0 Å².